The number of thioether (sulfide) groups is 1. The highest BCUT2D eigenvalue weighted by molar-refractivity contribution is 8.00. The van der Waals surface area contributed by atoms with Crippen LogP contribution in [-0.4, -0.2) is 25.2 Å². The summed E-state index contributed by atoms with van der Waals surface area (Å²) < 4.78 is 23.2. The lowest BCUT2D eigenvalue weighted by Gasteiger charge is -2.27. The van der Waals surface area contributed by atoms with Crippen LogP contribution in [0.15, 0.2) is 29.2 Å². The largest absolute Gasteiger partial charge is 0.399 e. The Kier molecular flexibility index (Phi) is 4.22. The molecular formula is C13H19NO2S2. The summed E-state index contributed by atoms with van der Waals surface area (Å²) in [5.74, 6) is 0. The van der Waals surface area contributed by atoms with E-state index in [4.69, 9.17) is 5.73 Å². The minimum absolute atomic E-state index is 0.162. The molecule has 0 bridgehead atoms. The van der Waals surface area contributed by atoms with E-state index in [1.54, 1.807) is 11.8 Å². The highest BCUT2D eigenvalue weighted by Crippen LogP contribution is 2.36. The van der Waals surface area contributed by atoms with E-state index in [0.717, 1.165) is 36.3 Å². The monoisotopic (exact) mass is 285 g/mol. The van der Waals surface area contributed by atoms with Gasteiger partial charge in [0, 0.05) is 22.1 Å². The van der Waals surface area contributed by atoms with Gasteiger partial charge < -0.3 is 5.73 Å². The fraction of sp³-hybridized carbons (Fsp3) is 0.538. The number of hydrogen-bond donors (Lipinski definition) is 1. The average molecular weight is 285 g/mol. The normalized spacial score (nSPS) is 24.9. The Hall–Kier alpha value is -0.680. The van der Waals surface area contributed by atoms with E-state index >= 15 is 0 Å². The topological polar surface area (TPSA) is 60.2 Å². The number of anilines is 1. The molecule has 2 rings (SSSR count). The Morgan fingerprint density at radius 1 is 1.33 bits per heavy atom. The standard InChI is InChI=1S/C13H19NO2S2/c1-18(15,16)13-7-3-6-12(9-13)17-11-5-2-4-10(14)8-11/h2,4-5,8,12-13H,3,6-7,9,14H2,1H3. The van der Waals surface area contributed by atoms with Crippen molar-refractivity contribution in [2.45, 2.75) is 41.1 Å². The molecule has 100 valence electrons. The van der Waals surface area contributed by atoms with E-state index in [2.05, 4.69) is 0 Å². The maximum Gasteiger partial charge on any atom is 0.150 e. The van der Waals surface area contributed by atoms with Crippen LogP contribution >= 0.6 is 11.8 Å². The van der Waals surface area contributed by atoms with Gasteiger partial charge in [-0.1, -0.05) is 12.5 Å². The lowest BCUT2D eigenvalue weighted by Crippen LogP contribution is -2.28. The number of nitrogens with two attached hydrogens (primary N) is 1. The van der Waals surface area contributed by atoms with Gasteiger partial charge >= 0.3 is 0 Å². The molecular weight excluding hydrogens is 266 g/mol. The fourth-order valence-corrected chi connectivity index (χ4v) is 5.04. The molecule has 1 aliphatic carbocycles. The first-order valence-corrected chi connectivity index (χ1v) is 8.99. The molecule has 0 saturated heterocycles. The molecule has 2 atom stereocenters. The van der Waals surface area contributed by atoms with Gasteiger partial charge in [-0.15, -0.1) is 11.8 Å². The predicted octanol–water partition coefficient (Wildman–Crippen LogP) is 2.72. The Bertz CT molecular complexity index is 513. The lowest BCUT2D eigenvalue weighted by molar-refractivity contribution is 0.495. The van der Waals surface area contributed by atoms with Crippen molar-refractivity contribution >= 4 is 27.3 Å². The van der Waals surface area contributed by atoms with Crippen LogP contribution in [0.4, 0.5) is 5.69 Å². The van der Waals surface area contributed by atoms with Crippen molar-refractivity contribution < 1.29 is 8.42 Å². The maximum atomic E-state index is 11.6. The molecule has 0 radical (unpaired) electrons. The minimum Gasteiger partial charge on any atom is -0.399 e. The molecule has 2 N–H and O–H groups in total. The molecule has 2 unspecified atom stereocenters. The summed E-state index contributed by atoms with van der Waals surface area (Å²) in [5, 5.41) is 0.227. The molecule has 0 heterocycles. The third-order valence-corrected chi connectivity index (χ3v) is 6.27. The van der Waals surface area contributed by atoms with Gasteiger partial charge in [-0.25, -0.2) is 8.42 Å². The Balaban J connectivity index is 2.02. The second-order valence-corrected chi connectivity index (χ2v) is 8.63. The molecule has 0 aromatic heterocycles. The van der Waals surface area contributed by atoms with E-state index in [-0.39, 0.29) is 5.25 Å². The SMILES string of the molecule is CS(=O)(=O)C1CCCC(Sc2cccc(N)c2)C1. The van der Waals surface area contributed by atoms with Crippen LogP contribution in [0.25, 0.3) is 0 Å². The maximum absolute atomic E-state index is 11.6. The summed E-state index contributed by atoms with van der Waals surface area (Å²) >= 11 is 1.75. The Morgan fingerprint density at radius 3 is 2.78 bits per heavy atom. The summed E-state index contributed by atoms with van der Waals surface area (Å²) in [7, 11) is -2.90. The van der Waals surface area contributed by atoms with Crippen molar-refractivity contribution in [1.82, 2.24) is 0 Å². The first kappa shape index (κ1) is 13.7. The van der Waals surface area contributed by atoms with Gasteiger partial charge in [0.2, 0.25) is 0 Å². The third-order valence-electron chi connectivity index (χ3n) is 3.34. The van der Waals surface area contributed by atoms with Crippen molar-refractivity contribution in [2.75, 3.05) is 12.0 Å². The van der Waals surface area contributed by atoms with Crippen molar-refractivity contribution in [1.29, 1.82) is 0 Å². The number of benzene rings is 1. The van der Waals surface area contributed by atoms with Crippen LogP contribution in [0.1, 0.15) is 25.7 Å². The van der Waals surface area contributed by atoms with Gasteiger partial charge in [0.25, 0.3) is 0 Å². The third kappa shape index (κ3) is 3.65. The van der Waals surface area contributed by atoms with Gasteiger partial charge in [-0.2, -0.15) is 0 Å². The van der Waals surface area contributed by atoms with Crippen molar-refractivity contribution in [3.05, 3.63) is 24.3 Å². The molecule has 0 spiro atoms. The van der Waals surface area contributed by atoms with E-state index in [0.29, 0.717) is 5.25 Å². The van der Waals surface area contributed by atoms with Crippen LogP contribution < -0.4 is 5.73 Å². The molecule has 1 aromatic rings. The van der Waals surface area contributed by atoms with Gasteiger partial charge in [0.05, 0.1) is 5.25 Å². The summed E-state index contributed by atoms with van der Waals surface area (Å²) in [4.78, 5) is 1.13. The molecule has 3 nitrogen and oxygen atoms in total. The van der Waals surface area contributed by atoms with E-state index < -0.39 is 9.84 Å². The molecule has 1 aromatic carbocycles. The molecule has 5 heteroatoms. The van der Waals surface area contributed by atoms with E-state index in [9.17, 15) is 8.42 Å². The Morgan fingerprint density at radius 2 is 2.11 bits per heavy atom. The number of rotatable bonds is 3. The molecule has 1 aliphatic rings. The summed E-state index contributed by atoms with van der Waals surface area (Å²) in [6, 6.07) is 7.79. The van der Waals surface area contributed by atoms with Gasteiger partial charge in [-0.05, 0) is 37.5 Å². The number of nitrogen functional groups attached to an aromatic ring is 1. The van der Waals surface area contributed by atoms with Gasteiger partial charge in [0.1, 0.15) is 9.84 Å². The fourth-order valence-electron chi connectivity index (χ4n) is 2.38. The smallest absolute Gasteiger partial charge is 0.150 e. The van der Waals surface area contributed by atoms with Crippen molar-refractivity contribution in [2.24, 2.45) is 0 Å². The highest BCUT2D eigenvalue weighted by atomic mass is 32.2. The Labute approximate surface area is 113 Å². The quantitative estimate of drug-likeness (QED) is 0.867. The first-order chi connectivity index (χ1) is 8.45. The zero-order valence-corrected chi connectivity index (χ0v) is 12.1. The van der Waals surface area contributed by atoms with Crippen molar-refractivity contribution in [3.8, 4) is 0 Å². The second-order valence-electron chi connectivity index (χ2n) is 4.93. The lowest BCUT2D eigenvalue weighted by atomic mass is 10.00. The summed E-state index contributed by atoms with van der Waals surface area (Å²) in [6.45, 7) is 0. The second kappa shape index (κ2) is 5.53. The van der Waals surface area contributed by atoms with Crippen molar-refractivity contribution in [3.63, 3.8) is 0 Å². The average Bonchev–Trinajstić information content (AvgIpc) is 2.28. The highest BCUT2D eigenvalue weighted by Gasteiger charge is 2.29. The number of sulfone groups is 1. The van der Waals surface area contributed by atoms with Crippen LogP contribution in [-0.2, 0) is 9.84 Å². The van der Waals surface area contributed by atoms with Gasteiger partial charge in [-0.3, -0.25) is 0 Å². The molecule has 18 heavy (non-hydrogen) atoms. The van der Waals surface area contributed by atoms with Gasteiger partial charge in [0.15, 0.2) is 0 Å². The molecule has 0 aliphatic heterocycles. The molecule has 1 saturated carbocycles. The van der Waals surface area contributed by atoms with Crippen LogP contribution in [0, 0.1) is 0 Å². The first-order valence-electron chi connectivity index (χ1n) is 6.16. The minimum atomic E-state index is -2.90. The summed E-state index contributed by atoms with van der Waals surface area (Å²) in [6.07, 6.45) is 5.01. The van der Waals surface area contributed by atoms with Crippen LogP contribution in [0.2, 0.25) is 0 Å². The molecule has 1 fully saturated rings. The van der Waals surface area contributed by atoms with E-state index in [1.165, 1.54) is 6.26 Å². The van der Waals surface area contributed by atoms with E-state index in [1.807, 2.05) is 24.3 Å². The van der Waals surface area contributed by atoms with Crippen LogP contribution in [0.5, 0.6) is 0 Å². The number of hydrogen-bond acceptors (Lipinski definition) is 4. The van der Waals surface area contributed by atoms with Crippen LogP contribution in [0.3, 0.4) is 0 Å². The zero-order chi connectivity index (χ0) is 13.2. The molecule has 0 amide bonds. The summed E-state index contributed by atoms with van der Waals surface area (Å²) in [5.41, 5.74) is 6.51. The predicted molar refractivity (Wildman–Crippen MR) is 77.6 cm³/mol. The zero-order valence-electron chi connectivity index (χ0n) is 10.5.